The van der Waals surface area contributed by atoms with E-state index in [1.807, 2.05) is 0 Å². The molecule has 5 rings (SSSR count). The lowest BCUT2D eigenvalue weighted by molar-refractivity contribution is 0.0784. The Labute approximate surface area is 190 Å². The fraction of sp³-hybridized carbons (Fsp3) is 0.231. The minimum absolute atomic E-state index is 0.102. The number of hydrogen-bond donors (Lipinski definition) is 1. The Morgan fingerprint density at radius 3 is 2.76 bits per heavy atom. The summed E-state index contributed by atoms with van der Waals surface area (Å²) in [7, 11) is 1.65. The first-order valence-electron chi connectivity index (χ1n) is 10.8. The molecule has 1 heterocycles. The van der Waals surface area contributed by atoms with Crippen molar-refractivity contribution in [3.63, 3.8) is 0 Å². The first-order chi connectivity index (χ1) is 15.9. The number of benzene rings is 3. The van der Waals surface area contributed by atoms with Crippen molar-refractivity contribution in [2.24, 2.45) is 4.99 Å². The van der Waals surface area contributed by atoms with Crippen LogP contribution in [-0.2, 0) is 13.1 Å². The molecule has 1 fully saturated rings. The molecule has 1 N–H and O–H groups in total. The third-order valence-electron chi connectivity index (χ3n) is 5.89. The van der Waals surface area contributed by atoms with E-state index in [-0.39, 0.29) is 29.9 Å². The van der Waals surface area contributed by atoms with E-state index < -0.39 is 11.6 Å². The van der Waals surface area contributed by atoms with Gasteiger partial charge in [-0.1, -0.05) is 12.1 Å². The Kier molecular flexibility index (Phi) is 5.32. The van der Waals surface area contributed by atoms with Crippen molar-refractivity contribution >= 4 is 12.1 Å². The third-order valence-corrected chi connectivity index (χ3v) is 5.89. The topological polar surface area (TPSA) is 62.1 Å². The van der Waals surface area contributed by atoms with E-state index in [4.69, 9.17) is 4.74 Å². The van der Waals surface area contributed by atoms with Crippen molar-refractivity contribution in [2.75, 3.05) is 7.05 Å². The SMILES string of the molecule is CN(Cc1cc(O)c(F)c2c1CN=C2)C(=O)c1ccc(-c2cccc(F)c2)c(OC2CC2)c1. The van der Waals surface area contributed by atoms with E-state index >= 15 is 0 Å². The zero-order chi connectivity index (χ0) is 23.1. The Morgan fingerprint density at radius 2 is 2.00 bits per heavy atom. The van der Waals surface area contributed by atoms with Crippen LogP contribution in [0.15, 0.2) is 53.5 Å². The Balaban J connectivity index is 1.43. The van der Waals surface area contributed by atoms with Crippen LogP contribution >= 0.6 is 0 Å². The summed E-state index contributed by atoms with van der Waals surface area (Å²) in [6.45, 7) is 0.494. The summed E-state index contributed by atoms with van der Waals surface area (Å²) in [5.74, 6) is -1.21. The van der Waals surface area contributed by atoms with Gasteiger partial charge in [0.25, 0.3) is 5.91 Å². The lowest BCUT2D eigenvalue weighted by Crippen LogP contribution is -2.27. The highest BCUT2D eigenvalue weighted by Crippen LogP contribution is 2.36. The molecule has 3 aromatic carbocycles. The van der Waals surface area contributed by atoms with Gasteiger partial charge in [-0.25, -0.2) is 8.78 Å². The van der Waals surface area contributed by atoms with E-state index in [2.05, 4.69) is 4.99 Å². The van der Waals surface area contributed by atoms with Gasteiger partial charge in [0, 0.05) is 36.5 Å². The maximum Gasteiger partial charge on any atom is 0.254 e. The van der Waals surface area contributed by atoms with Gasteiger partial charge in [0.15, 0.2) is 11.6 Å². The number of phenolic OH excluding ortho intramolecular Hbond substituents is 1. The summed E-state index contributed by atoms with van der Waals surface area (Å²) >= 11 is 0. The van der Waals surface area contributed by atoms with Crippen molar-refractivity contribution in [3.8, 4) is 22.6 Å². The second kappa shape index (κ2) is 8.31. The zero-order valence-corrected chi connectivity index (χ0v) is 18.0. The van der Waals surface area contributed by atoms with Crippen LogP contribution in [-0.4, -0.2) is 35.3 Å². The van der Waals surface area contributed by atoms with Gasteiger partial charge >= 0.3 is 0 Å². The molecular formula is C26H22F2N2O3. The molecule has 0 bridgehead atoms. The van der Waals surface area contributed by atoms with E-state index in [9.17, 15) is 18.7 Å². The maximum absolute atomic E-state index is 14.1. The number of rotatable bonds is 6. The van der Waals surface area contributed by atoms with E-state index in [0.717, 1.165) is 18.4 Å². The molecule has 1 aliphatic carbocycles. The molecular weight excluding hydrogens is 426 g/mol. The van der Waals surface area contributed by atoms with Gasteiger partial charge in [-0.2, -0.15) is 0 Å². The molecule has 168 valence electrons. The molecule has 2 aliphatic rings. The van der Waals surface area contributed by atoms with Gasteiger partial charge in [0.05, 0.1) is 12.6 Å². The molecule has 7 heteroatoms. The zero-order valence-electron chi connectivity index (χ0n) is 18.0. The molecule has 1 amide bonds. The summed E-state index contributed by atoms with van der Waals surface area (Å²) in [5, 5.41) is 9.93. The molecule has 3 aromatic rings. The second-order valence-electron chi connectivity index (χ2n) is 8.43. The highest BCUT2D eigenvalue weighted by atomic mass is 19.1. The maximum atomic E-state index is 14.1. The Morgan fingerprint density at radius 1 is 1.18 bits per heavy atom. The Hall–Kier alpha value is -3.74. The van der Waals surface area contributed by atoms with Gasteiger partial charge in [-0.3, -0.25) is 9.79 Å². The van der Waals surface area contributed by atoms with Crippen LogP contribution in [0.2, 0.25) is 0 Å². The number of aliphatic imine (C=N–C) groups is 1. The average molecular weight is 448 g/mol. The van der Waals surface area contributed by atoms with Crippen LogP contribution in [0.5, 0.6) is 11.5 Å². The minimum atomic E-state index is -0.696. The number of ether oxygens (including phenoxy) is 1. The third kappa shape index (κ3) is 4.18. The van der Waals surface area contributed by atoms with Crippen LogP contribution in [0.25, 0.3) is 11.1 Å². The summed E-state index contributed by atoms with van der Waals surface area (Å²) in [5.41, 5.74) is 3.40. The number of aromatic hydroxyl groups is 1. The quantitative estimate of drug-likeness (QED) is 0.572. The lowest BCUT2D eigenvalue weighted by Gasteiger charge is -2.21. The summed E-state index contributed by atoms with van der Waals surface area (Å²) in [6.07, 6.45) is 3.40. The molecule has 0 saturated heterocycles. The van der Waals surface area contributed by atoms with Gasteiger partial charge in [-0.05, 0) is 65.9 Å². The van der Waals surface area contributed by atoms with E-state index in [0.29, 0.717) is 34.5 Å². The molecule has 1 saturated carbocycles. The van der Waals surface area contributed by atoms with Crippen LogP contribution in [0.1, 0.15) is 39.9 Å². The smallest absolute Gasteiger partial charge is 0.254 e. The fourth-order valence-electron chi connectivity index (χ4n) is 4.01. The van der Waals surface area contributed by atoms with Gasteiger partial charge in [0.1, 0.15) is 11.6 Å². The van der Waals surface area contributed by atoms with Crippen LogP contribution in [0, 0.1) is 11.6 Å². The van der Waals surface area contributed by atoms with E-state index in [1.165, 1.54) is 29.3 Å². The molecule has 0 atom stereocenters. The predicted octanol–water partition coefficient (Wildman–Crippen LogP) is 5.08. The number of phenols is 1. The minimum Gasteiger partial charge on any atom is -0.505 e. The molecule has 0 aromatic heterocycles. The monoisotopic (exact) mass is 448 g/mol. The summed E-state index contributed by atoms with van der Waals surface area (Å²) in [4.78, 5) is 18.8. The predicted molar refractivity (Wildman–Crippen MR) is 121 cm³/mol. The highest BCUT2D eigenvalue weighted by molar-refractivity contribution is 5.95. The van der Waals surface area contributed by atoms with Gasteiger partial charge in [0.2, 0.25) is 0 Å². The highest BCUT2D eigenvalue weighted by Gasteiger charge is 2.26. The molecule has 0 spiro atoms. The van der Waals surface area contributed by atoms with Crippen LogP contribution < -0.4 is 4.74 Å². The summed E-state index contributed by atoms with van der Waals surface area (Å²) in [6, 6.07) is 12.7. The number of halogens is 2. The second-order valence-corrected chi connectivity index (χ2v) is 8.43. The Bertz CT molecular complexity index is 1280. The van der Waals surface area contributed by atoms with Gasteiger partial charge < -0.3 is 14.7 Å². The van der Waals surface area contributed by atoms with Crippen molar-refractivity contribution in [2.45, 2.75) is 32.0 Å². The number of amides is 1. The van der Waals surface area contributed by atoms with Crippen molar-refractivity contribution in [1.29, 1.82) is 0 Å². The van der Waals surface area contributed by atoms with Crippen LogP contribution in [0.4, 0.5) is 8.78 Å². The molecule has 1 aliphatic heterocycles. The van der Waals surface area contributed by atoms with Crippen molar-refractivity contribution in [1.82, 2.24) is 4.90 Å². The van der Waals surface area contributed by atoms with Crippen molar-refractivity contribution in [3.05, 3.63) is 82.4 Å². The summed E-state index contributed by atoms with van der Waals surface area (Å²) < 4.78 is 34.0. The first-order valence-corrected chi connectivity index (χ1v) is 10.8. The standard InChI is InChI=1S/C26H22F2N2O3/c1-30(14-17-10-23(31)25(28)22-13-29-12-21(17)22)26(32)16-5-8-20(15-3-2-4-18(27)9-15)24(11-16)33-19-6-7-19/h2-5,8-11,13,19,31H,6-7,12,14H2,1H3. The molecule has 0 radical (unpaired) electrons. The number of carbonyl (C=O) groups is 1. The molecule has 33 heavy (non-hydrogen) atoms. The van der Waals surface area contributed by atoms with E-state index in [1.54, 1.807) is 37.4 Å². The van der Waals surface area contributed by atoms with Gasteiger partial charge in [-0.15, -0.1) is 0 Å². The van der Waals surface area contributed by atoms with Crippen LogP contribution in [0.3, 0.4) is 0 Å². The largest absolute Gasteiger partial charge is 0.505 e. The molecule has 5 nitrogen and oxygen atoms in total. The number of hydrogen-bond acceptors (Lipinski definition) is 4. The average Bonchev–Trinajstić information content (AvgIpc) is 3.47. The number of nitrogens with zero attached hydrogens (tertiary/aromatic N) is 2. The first kappa shape index (κ1) is 21.1. The fourth-order valence-corrected chi connectivity index (χ4v) is 4.01. The number of carbonyl (C=O) groups excluding carboxylic acids is 1. The lowest BCUT2D eigenvalue weighted by atomic mass is 10.0. The normalized spacial score (nSPS) is 14.3. The number of fused-ring (bicyclic) bond motifs is 1. The molecule has 0 unspecified atom stereocenters. The van der Waals surface area contributed by atoms with Crippen molar-refractivity contribution < 1.29 is 23.4 Å².